The SMILES string of the molecule is CC(COc1ccc2c(=O)ccoc2c1)CN1CCN(c2ccccn2)CC1. The molecule has 1 aromatic carbocycles. The molecule has 0 spiro atoms. The minimum atomic E-state index is -0.0361. The van der Waals surface area contributed by atoms with E-state index in [1.807, 2.05) is 24.4 Å². The van der Waals surface area contributed by atoms with Crippen LogP contribution in [0, 0.1) is 5.92 Å². The van der Waals surface area contributed by atoms with Gasteiger partial charge in [0.1, 0.15) is 17.2 Å². The third kappa shape index (κ3) is 4.34. The summed E-state index contributed by atoms with van der Waals surface area (Å²) in [4.78, 5) is 21.0. The van der Waals surface area contributed by atoms with Crippen LogP contribution in [0.1, 0.15) is 6.92 Å². The number of nitrogens with zero attached hydrogens (tertiary/aromatic N) is 3. The zero-order valence-electron chi connectivity index (χ0n) is 16.1. The number of rotatable bonds is 6. The molecule has 1 aliphatic heterocycles. The van der Waals surface area contributed by atoms with E-state index in [1.165, 1.54) is 12.3 Å². The summed E-state index contributed by atoms with van der Waals surface area (Å²) in [6.07, 6.45) is 3.26. The Labute approximate surface area is 164 Å². The molecule has 0 saturated carbocycles. The molecular formula is C22H25N3O3. The highest BCUT2D eigenvalue weighted by Gasteiger charge is 2.19. The number of ether oxygens (including phenoxy) is 1. The molecule has 0 bridgehead atoms. The summed E-state index contributed by atoms with van der Waals surface area (Å²) in [5.41, 5.74) is 0.523. The monoisotopic (exact) mass is 379 g/mol. The Morgan fingerprint density at radius 1 is 1.14 bits per heavy atom. The smallest absolute Gasteiger partial charge is 0.192 e. The van der Waals surface area contributed by atoms with Crippen LogP contribution in [-0.4, -0.2) is 49.2 Å². The number of benzene rings is 1. The molecule has 28 heavy (non-hydrogen) atoms. The highest BCUT2D eigenvalue weighted by Crippen LogP contribution is 2.19. The molecule has 1 fully saturated rings. The number of hydrogen-bond acceptors (Lipinski definition) is 6. The van der Waals surface area contributed by atoms with Crippen molar-refractivity contribution in [3.05, 3.63) is 65.1 Å². The molecule has 0 N–H and O–H groups in total. The van der Waals surface area contributed by atoms with E-state index in [0.29, 0.717) is 23.5 Å². The molecule has 1 atom stereocenters. The number of hydrogen-bond donors (Lipinski definition) is 0. The topological polar surface area (TPSA) is 58.8 Å². The zero-order valence-corrected chi connectivity index (χ0v) is 16.1. The average Bonchev–Trinajstić information content (AvgIpc) is 2.73. The van der Waals surface area contributed by atoms with Crippen LogP contribution in [-0.2, 0) is 0 Å². The predicted molar refractivity (Wildman–Crippen MR) is 110 cm³/mol. The summed E-state index contributed by atoms with van der Waals surface area (Å²) in [5.74, 6) is 2.19. The number of fused-ring (bicyclic) bond motifs is 1. The molecular weight excluding hydrogens is 354 g/mol. The highest BCUT2D eigenvalue weighted by molar-refractivity contribution is 5.77. The van der Waals surface area contributed by atoms with Gasteiger partial charge in [-0.05, 0) is 24.3 Å². The minimum Gasteiger partial charge on any atom is -0.493 e. The van der Waals surface area contributed by atoms with E-state index in [-0.39, 0.29) is 5.43 Å². The van der Waals surface area contributed by atoms with Crippen LogP contribution in [0.4, 0.5) is 5.82 Å². The van der Waals surface area contributed by atoms with Crippen LogP contribution in [0.5, 0.6) is 5.75 Å². The molecule has 4 rings (SSSR count). The van der Waals surface area contributed by atoms with Gasteiger partial charge >= 0.3 is 0 Å². The molecule has 2 aromatic heterocycles. The molecule has 3 aromatic rings. The van der Waals surface area contributed by atoms with E-state index in [1.54, 1.807) is 12.1 Å². The second kappa shape index (κ2) is 8.44. The average molecular weight is 379 g/mol. The first kappa shape index (κ1) is 18.5. The Hall–Kier alpha value is -2.86. The van der Waals surface area contributed by atoms with Gasteiger partial charge < -0.3 is 14.1 Å². The molecule has 6 heteroatoms. The standard InChI is InChI=1S/C22H25N3O3/c1-17(15-24-9-11-25(12-10-24)22-4-2-3-8-23-22)16-28-18-5-6-19-20(26)7-13-27-21(19)14-18/h2-8,13-14,17H,9-12,15-16H2,1H3. The minimum absolute atomic E-state index is 0.0361. The van der Waals surface area contributed by atoms with Gasteiger partial charge in [0.25, 0.3) is 0 Å². The maximum atomic E-state index is 11.8. The van der Waals surface area contributed by atoms with E-state index in [4.69, 9.17) is 9.15 Å². The van der Waals surface area contributed by atoms with Crippen LogP contribution in [0.25, 0.3) is 11.0 Å². The largest absolute Gasteiger partial charge is 0.493 e. The molecule has 0 radical (unpaired) electrons. The summed E-state index contributed by atoms with van der Waals surface area (Å²) in [5, 5.41) is 0.577. The predicted octanol–water partition coefficient (Wildman–Crippen LogP) is 3.03. The first-order valence-electron chi connectivity index (χ1n) is 9.72. The highest BCUT2D eigenvalue weighted by atomic mass is 16.5. The molecule has 1 unspecified atom stereocenters. The third-order valence-electron chi connectivity index (χ3n) is 5.08. The summed E-state index contributed by atoms with van der Waals surface area (Å²) in [7, 11) is 0. The van der Waals surface area contributed by atoms with Crippen molar-refractivity contribution in [3.8, 4) is 5.75 Å². The maximum Gasteiger partial charge on any atom is 0.192 e. The Bertz CT molecular complexity index is 965. The van der Waals surface area contributed by atoms with Crippen LogP contribution in [0.3, 0.4) is 0 Å². The normalized spacial score (nSPS) is 16.2. The quantitative estimate of drug-likeness (QED) is 0.656. The number of anilines is 1. The number of pyridine rings is 1. The second-order valence-corrected chi connectivity index (χ2v) is 7.33. The van der Waals surface area contributed by atoms with Crippen LogP contribution in [0.15, 0.2) is 64.1 Å². The maximum absolute atomic E-state index is 11.8. The van der Waals surface area contributed by atoms with E-state index >= 15 is 0 Å². The van der Waals surface area contributed by atoms with Gasteiger partial charge in [0.2, 0.25) is 0 Å². The van der Waals surface area contributed by atoms with Crippen molar-refractivity contribution in [2.24, 2.45) is 5.92 Å². The number of aromatic nitrogens is 1. The van der Waals surface area contributed by atoms with Gasteiger partial charge in [-0.15, -0.1) is 0 Å². The van der Waals surface area contributed by atoms with Gasteiger partial charge in [0, 0.05) is 57.0 Å². The van der Waals surface area contributed by atoms with Crippen molar-refractivity contribution in [2.75, 3.05) is 44.2 Å². The van der Waals surface area contributed by atoms with Crippen molar-refractivity contribution in [1.82, 2.24) is 9.88 Å². The Morgan fingerprint density at radius 2 is 2.00 bits per heavy atom. The van der Waals surface area contributed by atoms with Gasteiger partial charge in [0.15, 0.2) is 5.43 Å². The van der Waals surface area contributed by atoms with Gasteiger partial charge in [0.05, 0.1) is 18.3 Å². The van der Waals surface area contributed by atoms with Crippen molar-refractivity contribution in [3.63, 3.8) is 0 Å². The van der Waals surface area contributed by atoms with Crippen molar-refractivity contribution >= 4 is 16.8 Å². The van der Waals surface area contributed by atoms with Gasteiger partial charge in [-0.2, -0.15) is 0 Å². The fourth-order valence-corrected chi connectivity index (χ4v) is 3.58. The fourth-order valence-electron chi connectivity index (χ4n) is 3.58. The molecule has 1 aliphatic rings. The molecule has 6 nitrogen and oxygen atoms in total. The molecule has 146 valence electrons. The molecule has 1 saturated heterocycles. The summed E-state index contributed by atoms with van der Waals surface area (Å²) in [6, 6.07) is 12.9. The lowest BCUT2D eigenvalue weighted by atomic mass is 10.1. The van der Waals surface area contributed by atoms with Crippen molar-refractivity contribution in [1.29, 1.82) is 0 Å². The Balaban J connectivity index is 1.26. The summed E-state index contributed by atoms with van der Waals surface area (Å²) < 4.78 is 11.3. The first-order chi connectivity index (χ1) is 13.7. The Morgan fingerprint density at radius 3 is 2.79 bits per heavy atom. The van der Waals surface area contributed by atoms with Gasteiger partial charge in [-0.25, -0.2) is 4.98 Å². The van der Waals surface area contributed by atoms with Crippen LogP contribution >= 0.6 is 0 Å². The van der Waals surface area contributed by atoms with Crippen LogP contribution < -0.4 is 15.1 Å². The van der Waals surface area contributed by atoms with E-state index in [9.17, 15) is 4.79 Å². The molecule has 3 heterocycles. The zero-order chi connectivity index (χ0) is 19.3. The lowest BCUT2D eigenvalue weighted by Gasteiger charge is -2.36. The second-order valence-electron chi connectivity index (χ2n) is 7.33. The third-order valence-corrected chi connectivity index (χ3v) is 5.08. The summed E-state index contributed by atoms with van der Waals surface area (Å²) >= 11 is 0. The van der Waals surface area contributed by atoms with E-state index in [2.05, 4.69) is 27.8 Å². The molecule has 0 amide bonds. The van der Waals surface area contributed by atoms with E-state index in [0.717, 1.165) is 44.3 Å². The lowest BCUT2D eigenvalue weighted by Crippen LogP contribution is -2.48. The Kier molecular flexibility index (Phi) is 5.58. The van der Waals surface area contributed by atoms with Crippen molar-refractivity contribution in [2.45, 2.75) is 6.92 Å². The molecule has 0 aliphatic carbocycles. The number of piperazine rings is 1. The first-order valence-corrected chi connectivity index (χ1v) is 9.72. The fraction of sp³-hybridized carbons (Fsp3) is 0.364. The van der Waals surface area contributed by atoms with Gasteiger partial charge in [-0.3, -0.25) is 9.69 Å². The van der Waals surface area contributed by atoms with E-state index < -0.39 is 0 Å². The van der Waals surface area contributed by atoms with Crippen LogP contribution in [0.2, 0.25) is 0 Å². The van der Waals surface area contributed by atoms with Crippen molar-refractivity contribution < 1.29 is 9.15 Å². The lowest BCUT2D eigenvalue weighted by molar-refractivity contribution is 0.178. The summed E-state index contributed by atoms with van der Waals surface area (Å²) in [6.45, 7) is 7.88. The van der Waals surface area contributed by atoms with Gasteiger partial charge in [-0.1, -0.05) is 13.0 Å².